The fourth-order valence-corrected chi connectivity index (χ4v) is 3.97. The van der Waals surface area contributed by atoms with Crippen LogP contribution in [0.1, 0.15) is 29.5 Å². The number of hydrogen-bond donors (Lipinski definition) is 5. The van der Waals surface area contributed by atoms with E-state index < -0.39 is 12.1 Å². The van der Waals surface area contributed by atoms with Crippen LogP contribution in [0, 0.1) is 0 Å². The molecule has 2 aromatic heterocycles. The van der Waals surface area contributed by atoms with Gasteiger partial charge in [-0.1, -0.05) is 0 Å². The summed E-state index contributed by atoms with van der Waals surface area (Å²) in [4.78, 5) is 38.1. The van der Waals surface area contributed by atoms with E-state index in [-0.39, 0.29) is 5.91 Å². The minimum atomic E-state index is -1.32. The fourth-order valence-electron chi connectivity index (χ4n) is 2.21. The van der Waals surface area contributed by atoms with Gasteiger partial charge in [-0.25, -0.2) is 25.4 Å². The Morgan fingerprint density at radius 2 is 1.93 bits per heavy atom. The first-order valence-electron chi connectivity index (χ1n) is 8.23. The lowest BCUT2D eigenvalue weighted by Crippen LogP contribution is -2.46. The van der Waals surface area contributed by atoms with E-state index in [2.05, 4.69) is 27.1 Å². The second-order valence-corrected chi connectivity index (χ2v) is 7.51. The maximum Gasteiger partial charge on any atom is 0.423 e. The van der Waals surface area contributed by atoms with Gasteiger partial charge >= 0.3 is 12.1 Å². The quantitative estimate of drug-likeness (QED) is 0.336. The average Bonchev–Trinajstić information content (AvgIpc) is 3.23. The minimum Gasteiger partial charge on any atom is -0.464 e. The molecule has 0 aliphatic rings. The van der Waals surface area contributed by atoms with Gasteiger partial charge in [-0.2, -0.15) is 0 Å². The smallest absolute Gasteiger partial charge is 0.423 e. The zero-order chi connectivity index (χ0) is 19.6. The third-order valence-electron chi connectivity index (χ3n) is 3.38. The van der Waals surface area contributed by atoms with Gasteiger partial charge < -0.3 is 15.7 Å². The van der Waals surface area contributed by atoms with Gasteiger partial charge in [0.1, 0.15) is 0 Å². The molecular formula is C16H21N5O4S2. The van der Waals surface area contributed by atoms with Crippen LogP contribution in [-0.4, -0.2) is 34.7 Å². The van der Waals surface area contributed by atoms with Crippen LogP contribution in [-0.2, 0) is 24.1 Å². The van der Waals surface area contributed by atoms with Crippen LogP contribution in [0.2, 0.25) is 0 Å². The van der Waals surface area contributed by atoms with Crippen LogP contribution in [0.3, 0.4) is 0 Å². The van der Waals surface area contributed by atoms with Crippen molar-refractivity contribution in [1.29, 1.82) is 0 Å². The number of rotatable bonds is 8. The number of carboxylic acid groups (broad SMARTS) is 1. The molecule has 11 heteroatoms. The number of amides is 4. The summed E-state index contributed by atoms with van der Waals surface area (Å²) in [5.41, 5.74) is 5.98. The summed E-state index contributed by atoms with van der Waals surface area (Å²) in [6.07, 6.45) is 1.96. The molecule has 2 heterocycles. The Bertz CT molecular complexity index is 789. The first-order valence-corrected chi connectivity index (χ1v) is 9.99. The molecule has 2 rings (SSSR count). The number of thiophene rings is 1. The number of carbonyl (C=O) groups is 3. The molecule has 0 aliphatic carbocycles. The number of nitrogens with zero attached hydrogens (tertiary/aromatic N) is 1. The van der Waals surface area contributed by atoms with Gasteiger partial charge in [0.05, 0.1) is 5.69 Å². The number of nitrogens with one attached hydrogen (secondary N) is 4. The van der Waals surface area contributed by atoms with E-state index in [0.717, 1.165) is 31.4 Å². The Hall–Kier alpha value is -2.66. The molecular weight excluding hydrogens is 390 g/mol. The Balaban J connectivity index is 1.66. The highest BCUT2D eigenvalue weighted by Gasteiger charge is 2.06. The Labute approximate surface area is 164 Å². The second-order valence-electron chi connectivity index (χ2n) is 5.66. The lowest BCUT2D eigenvalue weighted by atomic mass is 10.1. The van der Waals surface area contributed by atoms with Crippen molar-refractivity contribution >= 4 is 45.8 Å². The van der Waals surface area contributed by atoms with E-state index in [4.69, 9.17) is 5.11 Å². The molecule has 0 saturated carbocycles. The van der Waals surface area contributed by atoms with Crippen LogP contribution in [0.5, 0.6) is 0 Å². The van der Waals surface area contributed by atoms with Gasteiger partial charge in [0.25, 0.3) is 0 Å². The molecule has 0 bridgehead atoms. The third kappa shape index (κ3) is 8.05. The normalized spacial score (nSPS) is 10.3. The summed E-state index contributed by atoms with van der Waals surface area (Å²) >= 11 is 3.10. The highest BCUT2D eigenvalue weighted by Crippen LogP contribution is 2.20. The molecule has 0 saturated heterocycles. The molecule has 0 unspecified atom stereocenters. The van der Waals surface area contributed by atoms with Gasteiger partial charge in [-0.05, 0) is 42.7 Å². The number of anilines is 1. The van der Waals surface area contributed by atoms with E-state index in [0.29, 0.717) is 11.7 Å². The summed E-state index contributed by atoms with van der Waals surface area (Å²) in [6, 6.07) is 1.57. The van der Waals surface area contributed by atoms with Crippen LogP contribution < -0.4 is 21.5 Å². The van der Waals surface area contributed by atoms with Crippen molar-refractivity contribution in [2.45, 2.75) is 32.6 Å². The van der Waals surface area contributed by atoms with Crippen molar-refractivity contribution in [3.63, 3.8) is 0 Å². The SMILES string of the molecule is CC(=O)Nc1nc(CCc2csc(CCCNC(=O)NNC(=O)O)c2)cs1. The van der Waals surface area contributed by atoms with Crippen molar-refractivity contribution in [1.82, 2.24) is 21.2 Å². The average molecular weight is 412 g/mol. The zero-order valence-corrected chi connectivity index (χ0v) is 16.3. The number of carbonyl (C=O) groups excluding carboxylic acids is 2. The summed E-state index contributed by atoms with van der Waals surface area (Å²) < 4.78 is 0. The van der Waals surface area contributed by atoms with Crippen molar-refractivity contribution in [2.24, 2.45) is 0 Å². The van der Waals surface area contributed by atoms with Gasteiger partial charge in [-0.3, -0.25) is 4.79 Å². The van der Waals surface area contributed by atoms with E-state index in [1.165, 1.54) is 28.7 Å². The molecule has 4 amide bonds. The third-order valence-corrected chi connectivity index (χ3v) is 5.23. The standard InChI is InChI=1S/C16H21N5O4S2/c1-10(22)18-15-19-12(9-27-15)5-4-11-7-13(26-8-11)3-2-6-17-14(23)20-21-16(24)25/h7-9,21H,2-6H2,1H3,(H,24,25)(H2,17,20,23)(H,18,19,22). The van der Waals surface area contributed by atoms with Crippen LogP contribution in [0.4, 0.5) is 14.7 Å². The molecule has 0 spiro atoms. The van der Waals surface area contributed by atoms with E-state index in [1.54, 1.807) is 16.8 Å². The summed E-state index contributed by atoms with van der Waals surface area (Å²) in [5, 5.41) is 18.3. The van der Waals surface area contributed by atoms with Crippen molar-refractivity contribution < 1.29 is 19.5 Å². The van der Waals surface area contributed by atoms with E-state index in [9.17, 15) is 14.4 Å². The van der Waals surface area contributed by atoms with E-state index >= 15 is 0 Å². The van der Waals surface area contributed by atoms with E-state index in [1.807, 2.05) is 10.8 Å². The fraction of sp³-hybridized carbons (Fsp3) is 0.375. The Morgan fingerprint density at radius 1 is 1.11 bits per heavy atom. The predicted octanol–water partition coefficient (Wildman–Crippen LogP) is 2.36. The van der Waals surface area contributed by atoms with Crippen LogP contribution >= 0.6 is 22.7 Å². The summed E-state index contributed by atoms with van der Waals surface area (Å²) in [5.74, 6) is -0.122. The van der Waals surface area contributed by atoms with Gasteiger partial charge in [0.2, 0.25) is 5.91 Å². The zero-order valence-electron chi connectivity index (χ0n) is 14.7. The second kappa shape index (κ2) is 10.5. The predicted molar refractivity (Wildman–Crippen MR) is 104 cm³/mol. The van der Waals surface area contributed by atoms with Crippen molar-refractivity contribution in [3.05, 3.63) is 33.0 Å². The molecule has 0 aliphatic heterocycles. The lowest BCUT2D eigenvalue weighted by Gasteiger charge is -2.06. The van der Waals surface area contributed by atoms with Gasteiger partial charge in [0.15, 0.2) is 5.13 Å². The Morgan fingerprint density at radius 3 is 2.67 bits per heavy atom. The van der Waals surface area contributed by atoms with Gasteiger partial charge in [-0.15, -0.1) is 22.7 Å². The lowest BCUT2D eigenvalue weighted by molar-refractivity contribution is -0.114. The first kappa shape index (κ1) is 20.6. The van der Waals surface area contributed by atoms with Crippen molar-refractivity contribution in [2.75, 3.05) is 11.9 Å². The number of hydrogen-bond acceptors (Lipinski definition) is 6. The molecule has 2 aromatic rings. The molecule has 0 aromatic carbocycles. The largest absolute Gasteiger partial charge is 0.464 e. The van der Waals surface area contributed by atoms with Crippen molar-refractivity contribution in [3.8, 4) is 0 Å². The molecule has 5 N–H and O–H groups in total. The maximum atomic E-state index is 11.3. The van der Waals surface area contributed by atoms with Crippen LogP contribution in [0.15, 0.2) is 16.8 Å². The first-order chi connectivity index (χ1) is 12.9. The highest BCUT2D eigenvalue weighted by atomic mass is 32.1. The number of thiazole rings is 1. The molecule has 146 valence electrons. The molecule has 0 radical (unpaired) electrons. The van der Waals surface area contributed by atoms with Crippen LogP contribution in [0.25, 0.3) is 0 Å². The highest BCUT2D eigenvalue weighted by molar-refractivity contribution is 7.13. The number of aryl methyl sites for hydroxylation is 3. The number of urea groups is 1. The Kier molecular flexibility index (Phi) is 8.01. The molecule has 0 fully saturated rings. The number of aromatic nitrogens is 1. The summed E-state index contributed by atoms with van der Waals surface area (Å²) in [6.45, 7) is 1.91. The maximum absolute atomic E-state index is 11.3. The molecule has 0 atom stereocenters. The monoisotopic (exact) mass is 411 g/mol. The molecule has 9 nitrogen and oxygen atoms in total. The number of hydrazine groups is 1. The molecule has 27 heavy (non-hydrogen) atoms. The minimum absolute atomic E-state index is 0.122. The topological polar surface area (TPSA) is 132 Å². The van der Waals surface area contributed by atoms with Gasteiger partial charge in [0, 0.05) is 23.7 Å². The summed E-state index contributed by atoms with van der Waals surface area (Å²) in [7, 11) is 0.